The van der Waals surface area contributed by atoms with E-state index in [2.05, 4.69) is 47.9 Å². The molecule has 0 radical (unpaired) electrons. The first-order valence-corrected chi connectivity index (χ1v) is 7.80. The van der Waals surface area contributed by atoms with Crippen LogP contribution in [0.3, 0.4) is 0 Å². The zero-order chi connectivity index (χ0) is 15.2. The lowest BCUT2D eigenvalue weighted by Crippen LogP contribution is -2.46. The van der Waals surface area contributed by atoms with E-state index in [1.54, 1.807) is 0 Å². The first-order valence-electron chi connectivity index (χ1n) is 7.80. The molecule has 21 heavy (non-hydrogen) atoms. The number of rotatable bonds is 6. The molecule has 0 aromatic heterocycles. The average molecular weight is 290 g/mol. The van der Waals surface area contributed by atoms with Crippen LogP contribution in [-0.2, 0) is 11.3 Å². The molecular weight excluding hydrogens is 264 g/mol. The van der Waals surface area contributed by atoms with Crippen molar-refractivity contribution in [2.24, 2.45) is 0 Å². The Morgan fingerprint density at radius 1 is 1.10 bits per heavy atom. The molecule has 4 nitrogen and oxygen atoms in total. The van der Waals surface area contributed by atoms with Crippen LogP contribution in [0.1, 0.15) is 37.3 Å². The van der Waals surface area contributed by atoms with E-state index in [0.29, 0.717) is 12.5 Å². The van der Waals surface area contributed by atoms with Gasteiger partial charge in [0.1, 0.15) is 0 Å². The van der Waals surface area contributed by atoms with Gasteiger partial charge in [-0.25, -0.2) is 0 Å². The average Bonchev–Trinajstić information content (AvgIpc) is 2.47. The van der Waals surface area contributed by atoms with Gasteiger partial charge in [-0.05, 0) is 17.0 Å². The highest BCUT2D eigenvalue weighted by atomic mass is 16.4. The van der Waals surface area contributed by atoms with Gasteiger partial charge < -0.3 is 10.0 Å². The molecule has 0 spiro atoms. The second-order valence-electron chi connectivity index (χ2n) is 6.16. The third-order valence-corrected chi connectivity index (χ3v) is 4.16. The van der Waals surface area contributed by atoms with Crippen molar-refractivity contribution in [2.45, 2.75) is 32.7 Å². The molecule has 0 saturated carbocycles. The van der Waals surface area contributed by atoms with Crippen LogP contribution >= 0.6 is 0 Å². The van der Waals surface area contributed by atoms with Crippen molar-refractivity contribution >= 4 is 5.97 Å². The standard InChI is InChI=1S/C17H26N2O2/c1-14(2)16-5-3-15(4-6-16)13-19-11-9-18(10-12-19)8-7-17(20)21/h3-6,14H,7-13H2,1-2H3,(H,20,21). The second-order valence-corrected chi connectivity index (χ2v) is 6.16. The minimum Gasteiger partial charge on any atom is -0.481 e. The minimum absolute atomic E-state index is 0.247. The molecule has 116 valence electrons. The van der Waals surface area contributed by atoms with E-state index >= 15 is 0 Å². The number of carboxylic acids is 1. The molecule has 1 aliphatic rings. The van der Waals surface area contributed by atoms with E-state index in [4.69, 9.17) is 5.11 Å². The van der Waals surface area contributed by atoms with Gasteiger partial charge in [0.15, 0.2) is 0 Å². The Balaban J connectivity index is 1.76. The van der Waals surface area contributed by atoms with Gasteiger partial charge in [0.2, 0.25) is 0 Å². The van der Waals surface area contributed by atoms with E-state index in [1.807, 2.05) is 0 Å². The molecule has 1 aromatic rings. The molecule has 1 heterocycles. The lowest BCUT2D eigenvalue weighted by atomic mass is 10.0. The molecule has 2 rings (SSSR count). The summed E-state index contributed by atoms with van der Waals surface area (Å²) in [7, 11) is 0. The fraction of sp³-hybridized carbons (Fsp3) is 0.588. The minimum atomic E-state index is -0.706. The van der Waals surface area contributed by atoms with Crippen LogP contribution in [0.25, 0.3) is 0 Å². The molecule has 4 heteroatoms. The SMILES string of the molecule is CC(C)c1ccc(CN2CCN(CCC(=O)O)CC2)cc1. The van der Waals surface area contributed by atoms with Crippen molar-refractivity contribution < 1.29 is 9.90 Å². The molecule has 1 N–H and O–H groups in total. The Morgan fingerprint density at radius 3 is 2.19 bits per heavy atom. The Morgan fingerprint density at radius 2 is 1.67 bits per heavy atom. The maximum atomic E-state index is 10.6. The summed E-state index contributed by atoms with van der Waals surface area (Å²) in [6.07, 6.45) is 0.247. The van der Waals surface area contributed by atoms with E-state index in [9.17, 15) is 4.79 Å². The van der Waals surface area contributed by atoms with Gasteiger partial charge >= 0.3 is 5.97 Å². The highest BCUT2D eigenvalue weighted by Gasteiger charge is 2.17. The van der Waals surface area contributed by atoms with Crippen molar-refractivity contribution in [1.29, 1.82) is 0 Å². The van der Waals surface area contributed by atoms with Crippen molar-refractivity contribution in [3.8, 4) is 0 Å². The highest BCUT2D eigenvalue weighted by Crippen LogP contribution is 2.16. The van der Waals surface area contributed by atoms with Crippen LogP contribution in [0.5, 0.6) is 0 Å². The van der Waals surface area contributed by atoms with Crippen molar-refractivity contribution in [2.75, 3.05) is 32.7 Å². The van der Waals surface area contributed by atoms with Crippen LogP contribution in [0.4, 0.5) is 0 Å². The van der Waals surface area contributed by atoms with E-state index in [0.717, 1.165) is 32.7 Å². The third kappa shape index (κ3) is 5.14. The molecule has 1 saturated heterocycles. The number of nitrogens with zero attached hydrogens (tertiary/aromatic N) is 2. The van der Waals surface area contributed by atoms with Gasteiger partial charge in [-0.2, -0.15) is 0 Å². The largest absolute Gasteiger partial charge is 0.481 e. The Bertz CT molecular complexity index is 448. The van der Waals surface area contributed by atoms with Crippen LogP contribution in [0, 0.1) is 0 Å². The number of carbonyl (C=O) groups is 1. The fourth-order valence-corrected chi connectivity index (χ4v) is 2.69. The first kappa shape index (κ1) is 16.0. The smallest absolute Gasteiger partial charge is 0.304 e. The Kier molecular flexibility index (Phi) is 5.76. The lowest BCUT2D eigenvalue weighted by Gasteiger charge is -2.34. The quantitative estimate of drug-likeness (QED) is 0.874. The number of hydrogen-bond acceptors (Lipinski definition) is 3. The molecule has 1 aliphatic heterocycles. The van der Waals surface area contributed by atoms with Crippen LogP contribution < -0.4 is 0 Å². The lowest BCUT2D eigenvalue weighted by molar-refractivity contribution is -0.137. The summed E-state index contributed by atoms with van der Waals surface area (Å²) < 4.78 is 0. The van der Waals surface area contributed by atoms with Gasteiger partial charge in [0.05, 0.1) is 6.42 Å². The topological polar surface area (TPSA) is 43.8 Å². The van der Waals surface area contributed by atoms with Crippen molar-refractivity contribution in [3.63, 3.8) is 0 Å². The summed E-state index contributed by atoms with van der Waals surface area (Å²) in [6.45, 7) is 10.1. The highest BCUT2D eigenvalue weighted by molar-refractivity contribution is 5.66. The van der Waals surface area contributed by atoms with Gasteiger partial charge in [-0.15, -0.1) is 0 Å². The van der Waals surface area contributed by atoms with Gasteiger partial charge in [-0.1, -0.05) is 38.1 Å². The predicted octanol–water partition coefficient (Wildman–Crippen LogP) is 2.40. The van der Waals surface area contributed by atoms with E-state index < -0.39 is 5.97 Å². The molecule has 1 aromatic carbocycles. The molecule has 1 fully saturated rings. The molecule has 0 atom stereocenters. The van der Waals surface area contributed by atoms with Gasteiger partial charge in [0.25, 0.3) is 0 Å². The number of carboxylic acid groups (broad SMARTS) is 1. The van der Waals surface area contributed by atoms with E-state index in [1.165, 1.54) is 11.1 Å². The summed E-state index contributed by atoms with van der Waals surface area (Å²) >= 11 is 0. The maximum absolute atomic E-state index is 10.6. The normalized spacial score (nSPS) is 17.3. The Hall–Kier alpha value is -1.39. The van der Waals surface area contributed by atoms with Crippen LogP contribution in [0.2, 0.25) is 0 Å². The fourth-order valence-electron chi connectivity index (χ4n) is 2.69. The summed E-state index contributed by atoms with van der Waals surface area (Å²) in [5.41, 5.74) is 2.75. The molecule has 0 amide bonds. The summed E-state index contributed by atoms with van der Waals surface area (Å²) in [5, 5.41) is 8.72. The summed E-state index contributed by atoms with van der Waals surface area (Å²) in [4.78, 5) is 15.3. The zero-order valence-corrected chi connectivity index (χ0v) is 13.1. The monoisotopic (exact) mass is 290 g/mol. The molecule has 0 bridgehead atoms. The Labute approximate surface area is 127 Å². The number of aliphatic carboxylic acids is 1. The molecular formula is C17H26N2O2. The zero-order valence-electron chi connectivity index (χ0n) is 13.1. The molecule has 0 aliphatic carbocycles. The molecule has 0 unspecified atom stereocenters. The third-order valence-electron chi connectivity index (χ3n) is 4.16. The predicted molar refractivity (Wildman–Crippen MR) is 84.5 cm³/mol. The number of benzene rings is 1. The number of hydrogen-bond donors (Lipinski definition) is 1. The van der Waals surface area contributed by atoms with Gasteiger partial charge in [0, 0.05) is 39.3 Å². The van der Waals surface area contributed by atoms with E-state index in [-0.39, 0.29) is 6.42 Å². The number of piperazine rings is 1. The summed E-state index contributed by atoms with van der Waals surface area (Å²) in [5.74, 6) is -0.125. The van der Waals surface area contributed by atoms with Crippen molar-refractivity contribution in [3.05, 3.63) is 35.4 Å². The van der Waals surface area contributed by atoms with Crippen molar-refractivity contribution in [1.82, 2.24) is 9.80 Å². The van der Waals surface area contributed by atoms with Crippen LogP contribution in [0.15, 0.2) is 24.3 Å². The van der Waals surface area contributed by atoms with Gasteiger partial charge in [-0.3, -0.25) is 9.69 Å². The first-order chi connectivity index (χ1) is 10.0. The summed E-state index contributed by atoms with van der Waals surface area (Å²) in [6, 6.07) is 8.91. The second kappa shape index (κ2) is 7.57. The maximum Gasteiger partial charge on any atom is 0.304 e. The van der Waals surface area contributed by atoms with Crippen LogP contribution in [-0.4, -0.2) is 53.6 Å².